The van der Waals surface area contributed by atoms with Gasteiger partial charge in [0.05, 0.1) is 16.9 Å². The minimum atomic E-state index is 0. The topological polar surface area (TPSA) is 61.2 Å². The maximum Gasteiger partial charge on any atom is 0.163 e. The summed E-state index contributed by atoms with van der Waals surface area (Å²) in [5.41, 5.74) is 5.13. The van der Waals surface area contributed by atoms with Crippen LogP contribution in [-0.2, 0) is 13.1 Å². The van der Waals surface area contributed by atoms with Gasteiger partial charge in [-0.1, -0.05) is 0 Å². The van der Waals surface area contributed by atoms with Crippen molar-refractivity contribution < 1.29 is 9.47 Å². The lowest BCUT2D eigenvalue weighted by Gasteiger charge is -2.19. The SMILES string of the molecule is Cc1cc(-c2cc3n(n2)CCCNC3)nc2cc3c(cc12)OCCO3.Cl.Cl. The normalized spacial score (nSPS) is 15.3. The molecular formula is C19H22Cl2N4O2. The van der Waals surface area contributed by atoms with Crippen molar-refractivity contribution in [1.29, 1.82) is 0 Å². The number of hydrogen-bond donors (Lipinski definition) is 1. The highest BCUT2D eigenvalue weighted by Crippen LogP contribution is 2.36. The molecule has 0 unspecified atom stereocenters. The lowest BCUT2D eigenvalue weighted by molar-refractivity contribution is 0.172. The van der Waals surface area contributed by atoms with E-state index in [9.17, 15) is 0 Å². The number of nitrogens with one attached hydrogen (secondary N) is 1. The van der Waals surface area contributed by atoms with Gasteiger partial charge in [-0.25, -0.2) is 4.98 Å². The molecule has 2 aliphatic heterocycles. The Labute approximate surface area is 170 Å². The Morgan fingerprint density at radius 2 is 1.78 bits per heavy atom. The molecule has 2 aliphatic rings. The van der Waals surface area contributed by atoms with Crippen LogP contribution in [0.1, 0.15) is 17.7 Å². The van der Waals surface area contributed by atoms with Crippen LogP contribution in [0.5, 0.6) is 11.5 Å². The van der Waals surface area contributed by atoms with E-state index in [1.165, 1.54) is 11.3 Å². The molecule has 0 bridgehead atoms. The van der Waals surface area contributed by atoms with Gasteiger partial charge in [0, 0.05) is 24.5 Å². The molecule has 8 heteroatoms. The first-order valence-electron chi connectivity index (χ1n) is 8.77. The number of rotatable bonds is 1. The predicted octanol–water partition coefficient (Wildman–Crippen LogP) is 3.51. The van der Waals surface area contributed by atoms with Crippen LogP contribution < -0.4 is 14.8 Å². The summed E-state index contributed by atoms with van der Waals surface area (Å²) in [5.74, 6) is 1.57. The zero-order valence-electron chi connectivity index (χ0n) is 15.0. The van der Waals surface area contributed by atoms with Crippen molar-refractivity contribution in [3.05, 3.63) is 35.5 Å². The molecule has 2 aromatic heterocycles. The molecule has 5 rings (SSSR count). The quantitative estimate of drug-likeness (QED) is 0.667. The molecular weight excluding hydrogens is 387 g/mol. The third-order valence-corrected chi connectivity index (χ3v) is 4.83. The average Bonchev–Trinajstić information content (AvgIpc) is 2.91. The number of benzene rings is 1. The van der Waals surface area contributed by atoms with Crippen LogP contribution in [0.15, 0.2) is 24.3 Å². The van der Waals surface area contributed by atoms with E-state index < -0.39 is 0 Å². The second-order valence-electron chi connectivity index (χ2n) is 6.61. The minimum Gasteiger partial charge on any atom is -0.486 e. The van der Waals surface area contributed by atoms with Gasteiger partial charge in [-0.05, 0) is 43.7 Å². The van der Waals surface area contributed by atoms with Gasteiger partial charge >= 0.3 is 0 Å². The van der Waals surface area contributed by atoms with Crippen molar-refractivity contribution in [1.82, 2.24) is 20.1 Å². The Balaban J connectivity index is 0.00000105. The molecule has 0 fully saturated rings. The Morgan fingerprint density at radius 1 is 1.00 bits per heavy atom. The number of nitrogens with zero attached hydrogens (tertiary/aromatic N) is 3. The minimum absolute atomic E-state index is 0. The van der Waals surface area contributed by atoms with Crippen LogP contribution in [-0.4, -0.2) is 34.5 Å². The lowest BCUT2D eigenvalue weighted by Crippen LogP contribution is -2.15. The van der Waals surface area contributed by atoms with Gasteiger partial charge in [-0.3, -0.25) is 4.68 Å². The van der Waals surface area contributed by atoms with Crippen molar-refractivity contribution in [2.45, 2.75) is 26.4 Å². The number of hydrogen-bond acceptors (Lipinski definition) is 5. The van der Waals surface area contributed by atoms with E-state index in [-0.39, 0.29) is 24.8 Å². The van der Waals surface area contributed by atoms with E-state index in [1.54, 1.807) is 0 Å². The number of aryl methyl sites for hydroxylation is 2. The first-order valence-corrected chi connectivity index (χ1v) is 8.77. The fourth-order valence-corrected chi connectivity index (χ4v) is 3.55. The molecule has 27 heavy (non-hydrogen) atoms. The highest BCUT2D eigenvalue weighted by molar-refractivity contribution is 5.88. The third-order valence-electron chi connectivity index (χ3n) is 4.83. The fourth-order valence-electron chi connectivity index (χ4n) is 3.55. The maximum absolute atomic E-state index is 5.70. The van der Waals surface area contributed by atoms with E-state index in [0.717, 1.165) is 59.8 Å². The fraction of sp³-hybridized carbons (Fsp3) is 0.368. The first-order chi connectivity index (χ1) is 12.3. The van der Waals surface area contributed by atoms with Crippen LogP contribution >= 0.6 is 24.8 Å². The molecule has 4 heterocycles. The summed E-state index contributed by atoms with van der Waals surface area (Å²) in [6, 6.07) is 8.25. The number of fused-ring (bicyclic) bond motifs is 3. The summed E-state index contributed by atoms with van der Waals surface area (Å²) in [6.45, 7) is 6.13. The Bertz CT molecular complexity index is 950. The number of aromatic nitrogens is 3. The van der Waals surface area contributed by atoms with Crippen LogP contribution in [0.2, 0.25) is 0 Å². The van der Waals surface area contributed by atoms with Gasteiger partial charge in [-0.15, -0.1) is 24.8 Å². The highest BCUT2D eigenvalue weighted by Gasteiger charge is 2.17. The van der Waals surface area contributed by atoms with Crippen molar-refractivity contribution in [3.8, 4) is 22.9 Å². The predicted molar refractivity (Wildman–Crippen MR) is 110 cm³/mol. The molecule has 0 atom stereocenters. The second-order valence-corrected chi connectivity index (χ2v) is 6.61. The van der Waals surface area contributed by atoms with E-state index in [1.807, 2.05) is 12.1 Å². The van der Waals surface area contributed by atoms with Gasteiger partial charge in [0.15, 0.2) is 11.5 Å². The molecule has 0 saturated heterocycles. The van der Waals surface area contributed by atoms with Gasteiger partial charge in [-0.2, -0.15) is 5.10 Å². The standard InChI is InChI=1S/C19H20N4O2.2ClH/c1-12-7-16(17-8-13-11-20-3-2-4-23(13)22-17)21-15-10-19-18(9-14(12)15)24-5-6-25-19;;/h7-10,20H,2-6,11H2,1H3;2*1H. The lowest BCUT2D eigenvalue weighted by atomic mass is 10.1. The average molecular weight is 409 g/mol. The van der Waals surface area contributed by atoms with Crippen LogP contribution in [0.25, 0.3) is 22.3 Å². The summed E-state index contributed by atoms with van der Waals surface area (Å²) in [5, 5.41) is 9.30. The largest absolute Gasteiger partial charge is 0.486 e. The van der Waals surface area contributed by atoms with Crippen molar-refractivity contribution in [3.63, 3.8) is 0 Å². The number of halogens is 2. The molecule has 6 nitrogen and oxygen atoms in total. The summed E-state index contributed by atoms with van der Waals surface area (Å²) in [6.07, 6.45) is 1.10. The Hall–Kier alpha value is -2.02. The summed E-state index contributed by atoms with van der Waals surface area (Å²) < 4.78 is 13.5. The number of ether oxygens (including phenoxy) is 2. The van der Waals surface area contributed by atoms with Gasteiger partial charge in [0.2, 0.25) is 0 Å². The smallest absolute Gasteiger partial charge is 0.163 e. The van der Waals surface area contributed by atoms with Gasteiger partial charge in [0.25, 0.3) is 0 Å². The van der Waals surface area contributed by atoms with Gasteiger partial charge < -0.3 is 14.8 Å². The monoisotopic (exact) mass is 408 g/mol. The first kappa shape index (κ1) is 19.7. The molecule has 0 radical (unpaired) electrons. The van der Waals surface area contributed by atoms with E-state index in [2.05, 4.69) is 29.1 Å². The van der Waals surface area contributed by atoms with Crippen molar-refractivity contribution in [2.75, 3.05) is 19.8 Å². The molecule has 1 N–H and O–H groups in total. The molecule has 0 spiro atoms. The summed E-state index contributed by atoms with van der Waals surface area (Å²) in [7, 11) is 0. The third kappa shape index (κ3) is 3.57. The molecule has 0 saturated carbocycles. The molecule has 3 aromatic rings. The summed E-state index contributed by atoms with van der Waals surface area (Å²) >= 11 is 0. The van der Waals surface area contributed by atoms with E-state index in [4.69, 9.17) is 19.6 Å². The molecule has 0 aliphatic carbocycles. The molecule has 144 valence electrons. The number of pyridine rings is 1. The Kier molecular flexibility index (Phi) is 5.79. The van der Waals surface area contributed by atoms with Crippen LogP contribution in [0.3, 0.4) is 0 Å². The maximum atomic E-state index is 5.70. The van der Waals surface area contributed by atoms with Gasteiger partial charge in [0.1, 0.15) is 18.9 Å². The zero-order valence-corrected chi connectivity index (χ0v) is 16.7. The van der Waals surface area contributed by atoms with Crippen molar-refractivity contribution in [2.24, 2.45) is 0 Å². The van der Waals surface area contributed by atoms with Crippen LogP contribution in [0.4, 0.5) is 0 Å². The van der Waals surface area contributed by atoms with Crippen molar-refractivity contribution >= 4 is 35.7 Å². The Morgan fingerprint density at radius 3 is 2.59 bits per heavy atom. The van der Waals surface area contributed by atoms with E-state index >= 15 is 0 Å². The summed E-state index contributed by atoms with van der Waals surface area (Å²) in [4.78, 5) is 4.85. The second kappa shape index (κ2) is 7.92. The molecule has 0 amide bonds. The zero-order chi connectivity index (χ0) is 16.8. The van der Waals surface area contributed by atoms with E-state index in [0.29, 0.717) is 13.2 Å². The highest BCUT2D eigenvalue weighted by atomic mass is 35.5. The van der Waals surface area contributed by atoms with Crippen LogP contribution in [0, 0.1) is 6.92 Å². The molecule has 1 aromatic carbocycles.